The summed E-state index contributed by atoms with van der Waals surface area (Å²) in [5, 5.41) is 0. The minimum Gasteiger partial charge on any atom is -0.340 e. The molecular formula is C12H13F2IN2O5. The van der Waals surface area contributed by atoms with E-state index in [0.717, 1.165) is 4.57 Å². The van der Waals surface area contributed by atoms with E-state index in [9.17, 15) is 18.4 Å². The van der Waals surface area contributed by atoms with Gasteiger partial charge in [-0.05, 0) is 13.8 Å². The molecule has 22 heavy (non-hydrogen) atoms. The van der Waals surface area contributed by atoms with Crippen molar-refractivity contribution >= 4 is 22.6 Å². The van der Waals surface area contributed by atoms with E-state index in [0.29, 0.717) is 6.20 Å². The van der Waals surface area contributed by atoms with Gasteiger partial charge in [0.15, 0.2) is 18.1 Å². The van der Waals surface area contributed by atoms with E-state index in [2.05, 4.69) is 0 Å². The third-order valence-electron chi connectivity index (χ3n) is 3.53. The first-order valence-electron chi connectivity index (χ1n) is 6.46. The molecule has 2 fully saturated rings. The van der Waals surface area contributed by atoms with E-state index in [1.54, 1.807) is 41.4 Å². The van der Waals surface area contributed by atoms with Crippen molar-refractivity contribution in [1.82, 2.24) is 9.55 Å². The molecule has 1 aromatic heterocycles. The van der Waals surface area contributed by atoms with Gasteiger partial charge in [0.2, 0.25) is 11.7 Å². The van der Waals surface area contributed by atoms with Gasteiger partial charge < -0.3 is 14.2 Å². The summed E-state index contributed by atoms with van der Waals surface area (Å²) >= 11 is 1.79. The van der Waals surface area contributed by atoms with Crippen LogP contribution in [0.25, 0.3) is 0 Å². The van der Waals surface area contributed by atoms with Crippen LogP contribution < -0.4 is 11.2 Å². The predicted octanol–water partition coefficient (Wildman–Crippen LogP) is 0.825. The van der Waals surface area contributed by atoms with Crippen LogP contribution in [0.2, 0.25) is 0 Å². The van der Waals surface area contributed by atoms with Crippen molar-refractivity contribution in [3.63, 3.8) is 0 Å². The molecule has 7 nitrogen and oxygen atoms in total. The normalized spacial score (nSPS) is 36.5. The minimum absolute atomic E-state index is 0.0670. The van der Waals surface area contributed by atoms with Gasteiger partial charge in [0, 0.05) is 0 Å². The first-order chi connectivity index (χ1) is 10.2. The lowest BCUT2D eigenvalue weighted by molar-refractivity contribution is -0.246. The standard InChI is InChI=1S/C12H13F2IN2O5/c1-11(2)20-6-7(21-11)12(14,4-15)22-9(6)17-3-5(13)8(18)16-10(17)19/h3,6-7,9H,4H2,1-2H3,(H,16,18,19)/t6-,7+,9-,12+/m0/s1. The number of fused-ring (bicyclic) bond motifs is 1. The molecule has 4 atom stereocenters. The maximum atomic E-state index is 14.9. The Kier molecular flexibility index (Phi) is 3.70. The van der Waals surface area contributed by atoms with Crippen molar-refractivity contribution < 1.29 is 23.0 Å². The van der Waals surface area contributed by atoms with Crippen molar-refractivity contribution in [3.8, 4) is 0 Å². The zero-order valence-corrected chi connectivity index (χ0v) is 13.8. The molecule has 122 valence electrons. The van der Waals surface area contributed by atoms with Crippen LogP contribution in [0.3, 0.4) is 0 Å². The molecule has 2 aliphatic heterocycles. The Bertz CT molecular complexity index is 720. The average Bonchev–Trinajstić information content (AvgIpc) is 2.88. The summed E-state index contributed by atoms with van der Waals surface area (Å²) in [6, 6.07) is 0. The Balaban J connectivity index is 2.07. The number of H-pyrrole nitrogens is 1. The molecule has 0 amide bonds. The van der Waals surface area contributed by atoms with Gasteiger partial charge in [0.25, 0.3) is 5.56 Å². The zero-order chi connectivity index (χ0) is 16.3. The Hall–Kier alpha value is -0.850. The molecule has 0 bridgehead atoms. The molecule has 0 saturated carbocycles. The fraction of sp³-hybridized carbons (Fsp3) is 0.667. The smallest absolute Gasteiger partial charge is 0.330 e. The summed E-state index contributed by atoms with van der Waals surface area (Å²) in [5.74, 6) is -4.43. The summed E-state index contributed by atoms with van der Waals surface area (Å²) in [6.45, 7) is 3.21. The lowest BCUT2D eigenvalue weighted by Gasteiger charge is -2.27. The number of aromatic amines is 1. The summed E-state index contributed by atoms with van der Waals surface area (Å²) in [5.41, 5.74) is -2.07. The van der Waals surface area contributed by atoms with Gasteiger partial charge in [-0.25, -0.2) is 9.18 Å². The summed E-state index contributed by atoms with van der Waals surface area (Å²) in [7, 11) is 0. The molecular weight excluding hydrogens is 417 g/mol. The van der Waals surface area contributed by atoms with Gasteiger partial charge in [-0.2, -0.15) is 4.39 Å². The highest BCUT2D eigenvalue weighted by atomic mass is 127. The SMILES string of the molecule is CC1(C)O[C@H]2[C@@H](O1)[C@@](F)(CI)O[C@@H]2n1cc(F)c(=O)[nH]c1=O. The second-order valence-corrected chi connectivity index (χ2v) is 6.36. The second-order valence-electron chi connectivity index (χ2n) is 5.59. The Morgan fingerprint density at radius 1 is 1.36 bits per heavy atom. The fourth-order valence-electron chi connectivity index (χ4n) is 2.64. The van der Waals surface area contributed by atoms with Crippen molar-refractivity contribution in [2.24, 2.45) is 0 Å². The van der Waals surface area contributed by atoms with Crippen LogP contribution in [0.4, 0.5) is 8.78 Å². The molecule has 0 spiro atoms. The first kappa shape index (κ1) is 16.0. The number of hydrogen-bond acceptors (Lipinski definition) is 5. The lowest BCUT2D eigenvalue weighted by atomic mass is 10.1. The quantitative estimate of drug-likeness (QED) is 0.556. The van der Waals surface area contributed by atoms with Crippen LogP contribution in [0.15, 0.2) is 15.8 Å². The fourth-order valence-corrected chi connectivity index (χ4v) is 3.25. The molecule has 0 unspecified atom stereocenters. The third-order valence-corrected chi connectivity index (χ3v) is 4.57. The van der Waals surface area contributed by atoms with Crippen molar-refractivity contribution in [1.29, 1.82) is 0 Å². The minimum atomic E-state index is -2.18. The number of hydrogen-bond donors (Lipinski definition) is 1. The largest absolute Gasteiger partial charge is 0.340 e. The van der Waals surface area contributed by atoms with E-state index in [1.165, 1.54) is 0 Å². The van der Waals surface area contributed by atoms with Gasteiger partial charge >= 0.3 is 5.69 Å². The van der Waals surface area contributed by atoms with Gasteiger partial charge in [-0.15, -0.1) is 0 Å². The molecule has 2 saturated heterocycles. The summed E-state index contributed by atoms with van der Waals surface area (Å²) < 4.78 is 45.4. The molecule has 0 radical (unpaired) electrons. The van der Waals surface area contributed by atoms with Gasteiger partial charge in [0.05, 0.1) is 10.6 Å². The number of nitrogens with zero attached hydrogens (tertiary/aromatic N) is 1. The molecule has 0 aromatic carbocycles. The number of rotatable bonds is 2. The number of ether oxygens (including phenoxy) is 3. The van der Waals surface area contributed by atoms with Crippen molar-refractivity contribution in [2.75, 3.05) is 4.43 Å². The van der Waals surface area contributed by atoms with E-state index in [1.807, 2.05) is 0 Å². The van der Waals surface area contributed by atoms with Crippen LogP contribution in [0.5, 0.6) is 0 Å². The van der Waals surface area contributed by atoms with Crippen LogP contribution in [-0.4, -0.2) is 37.8 Å². The molecule has 2 aliphatic rings. The van der Waals surface area contributed by atoms with E-state index < -0.39 is 47.1 Å². The first-order valence-corrected chi connectivity index (χ1v) is 7.99. The second kappa shape index (κ2) is 5.08. The van der Waals surface area contributed by atoms with Gasteiger partial charge in [-0.1, -0.05) is 22.6 Å². The van der Waals surface area contributed by atoms with E-state index >= 15 is 0 Å². The van der Waals surface area contributed by atoms with Gasteiger partial charge in [0.1, 0.15) is 6.10 Å². The number of aromatic nitrogens is 2. The Labute approximate surface area is 136 Å². The highest BCUT2D eigenvalue weighted by Gasteiger charge is 2.64. The van der Waals surface area contributed by atoms with Crippen molar-refractivity contribution in [3.05, 3.63) is 32.9 Å². The summed E-state index contributed by atoms with van der Waals surface area (Å²) in [4.78, 5) is 24.8. The van der Waals surface area contributed by atoms with Crippen molar-refractivity contribution in [2.45, 2.75) is 43.9 Å². The van der Waals surface area contributed by atoms with Crippen LogP contribution in [0.1, 0.15) is 20.1 Å². The highest BCUT2D eigenvalue weighted by Crippen LogP contribution is 2.49. The maximum absolute atomic E-state index is 14.9. The van der Waals surface area contributed by atoms with E-state index in [-0.39, 0.29) is 4.43 Å². The maximum Gasteiger partial charge on any atom is 0.330 e. The van der Waals surface area contributed by atoms with E-state index in [4.69, 9.17) is 14.2 Å². The molecule has 10 heteroatoms. The predicted molar refractivity (Wildman–Crippen MR) is 78.0 cm³/mol. The number of alkyl halides is 2. The molecule has 3 rings (SSSR count). The number of halogens is 3. The average molecular weight is 430 g/mol. The molecule has 0 aliphatic carbocycles. The van der Waals surface area contributed by atoms with Crippen LogP contribution >= 0.6 is 22.6 Å². The molecule has 1 N–H and O–H groups in total. The Morgan fingerprint density at radius 2 is 2.05 bits per heavy atom. The third kappa shape index (κ3) is 2.41. The Morgan fingerprint density at radius 3 is 2.68 bits per heavy atom. The molecule has 1 aromatic rings. The topological polar surface area (TPSA) is 82.6 Å². The monoisotopic (exact) mass is 430 g/mol. The highest BCUT2D eigenvalue weighted by molar-refractivity contribution is 14.1. The number of nitrogens with one attached hydrogen (secondary N) is 1. The lowest BCUT2D eigenvalue weighted by Crippen LogP contribution is -2.40. The summed E-state index contributed by atoms with van der Waals surface area (Å²) in [6.07, 6.45) is -2.58. The van der Waals surface area contributed by atoms with Gasteiger partial charge in [-0.3, -0.25) is 14.3 Å². The molecule has 3 heterocycles. The van der Waals surface area contributed by atoms with Crippen LogP contribution in [-0.2, 0) is 14.2 Å². The zero-order valence-electron chi connectivity index (χ0n) is 11.6. The van der Waals surface area contributed by atoms with Crippen LogP contribution in [0, 0.1) is 5.82 Å².